The molecule has 0 aliphatic carbocycles. The minimum absolute atomic E-state index is 0.0394. The molecule has 0 saturated heterocycles. The number of amides is 3. The van der Waals surface area contributed by atoms with Crippen LogP contribution >= 0.6 is 22.7 Å². The normalized spacial score (nSPS) is 11.8. The van der Waals surface area contributed by atoms with E-state index >= 15 is 0 Å². The summed E-state index contributed by atoms with van der Waals surface area (Å²) in [6.07, 6.45) is 0.165. The molecule has 4 rings (SSSR count). The van der Waals surface area contributed by atoms with Gasteiger partial charge in [0.25, 0.3) is 11.8 Å². The second kappa shape index (κ2) is 12.5. The van der Waals surface area contributed by atoms with Gasteiger partial charge in [0.2, 0.25) is 5.91 Å². The van der Waals surface area contributed by atoms with Crippen molar-refractivity contribution in [1.29, 1.82) is 0 Å². The maximum atomic E-state index is 12.7. The number of primary amides is 1. The molecule has 0 aliphatic rings. The van der Waals surface area contributed by atoms with Gasteiger partial charge in [-0.05, 0) is 46.7 Å². The van der Waals surface area contributed by atoms with Crippen molar-refractivity contribution in [3.63, 3.8) is 0 Å². The van der Waals surface area contributed by atoms with Gasteiger partial charge in [0.1, 0.15) is 5.75 Å². The summed E-state index contributed by atoms with van der Waals surface area (Å²) < 4.78 is 0. The average Bonchev–Trinajstić information content (AvgIpc) is 3.58. The van der Waals surface area contributed by atoms with Crippen LogP contribution in [0.5, 0.6) is 5.75 Å². The van der Waals surface area contributed by atoms with E-state index in [4.69, 9.17) is 5.73 Å². The van der Waals surface area contributed by atoms with Gasteiger partial charge in [-0.15, -0.1) is 22.7 Å². The zero-order valence-corrected chi connectivity index (χ0v) is 24.9. The van der Waals surface area contributed by atoms with Gasteiger partial charge < -0.3 is 16.2 Å². The Bertz CT molecular complexity index is 1590. The third-order valence-electron chi connectivity index (χ3n) is 6.40. The number of nitrogens with zero attached hydrogens (tertiary/aromatic N) is 1. The van der Waals surface area contributed by atoms with Gasteiger partial charge in [0.05, 0.1) is 32.3 Å². The highest BCUT2D eigenvalue weighted by Crippen LogP contribution is 2.39. The summed E-state index contributed by atoms with van der Waals surface area (Å²) in [4.78, 5) is 37.8. The van der Waals surface area contributed by atoms with Crippen molar-refractivity contribution >= 4 is 46.1 Å². The van der Waals surface area contributed by atoms with Crippen LogP contribution in [0.4, 0.5) is 0 Å². The van der Waals surface area contributed by atoms with Crippen LogP contribution in [0.2, 0.25) is 0 Å². The lowest BCUT2D eigenvalue weighted by Crippen LogP contribution is -2.22. The molecule has 212 valence electrons. The van der Waals surface area contributed by atoms with Gasteiger partial charge in [-0.1, -0.05) is 69.3 Å². The Balaban J connectivity index is 1.35. The number of hydrazone groups is 1. The molecule has 0 atom stereocenters. The largest absolute Gasteiger partial charge is 0.506 e. The lowest BCUT2D eigenvalue weighted by Gasteiger charge is -2.19. The molecule has 8 nitrogen and oxygen atoms in total. The van der Waals surface area contributed by atoms with Crippen LogP contribution in [0.15, 0.2) is 71.1 Å². The Hall–Kier alpha value is -4.28. The number of aromatic hydroxyl groups is 1. The maximum absolute atomic E-state index is 12.7. The van der Waals surface area contributed by atoms with Crippen LogP contribution < -0.4 is 16.5 Å². The zero-order chi connectivity index (χ0) is 29.7. The van der Waals surface area contributed by atoms with E-state index in [0.29, 0.717) is 27.6 Å². The predicted molar refractivity (Wildman–Crippen MR) is 165 cm³/mol. The van der Waals surface area contributed by atoms with E-state index in [0.717, 1.165) is 32.9 Å². The van der Waals surface area contributed by atoms with Gasteiger partial charge in [-0.3, -0.25) is 14.4 Å². The number of carbonyl (C=O) groups excluding carboxylic acids is 3. The highest BCUT2D eigenvalue weighted by molar-refractivity contribution is 7.16. The Morgan fingerprint density at radius 1 is 0.902 bits per heavy atom. The van der Waals surface area contributed by atoms with E-state index in [1.807, 2.05) is 29.6 Å². The Labute approximate surface area is 246 Å². The second-order valence-electron chi connectivity index (χ2n) is 10.6. The van der Waals surface area contributed by atoms with Gasteiger partial charge in [-0.25, -0.2) is 5.43 Å². The highest BCUT2D eigenvalue weighted by Gasteiger charge is 2.18. The Kier molecular flexibility index (Phi) is 9.05. The number of carbonyl (C=O) groups is 3. The summed E-state index contributed by atoms with van der Waals surface area (Å²) in [5.41, 5.74) is 12.6. The van der Waals surface area contributed by atoms with Crippen LogP contribution in [0, 0.1) is 0 Å². The maximum Gasteiger partial charge on any atom is 0.281 e. The standard InChI is InChI=1S/C31H32N4O4S2/c1-18(23-17-40-28(27(23)37)21-9-11-22(12-10-21)31(2,3)4)34-35-30(39)25-14-13-24(41-25)29(38)33-16-20-7-5-19(6-8-20)15-26(32)36/h5-14,17,37H,15-16H2,1-4H3,(H2,32,36)(H,33,38)(H,35,39)/b34-18+. The zero-order valence-electron chi connectivity index (χ0n) is 23.3. The fourth-order valence-corrected chi connectivity index (χ4v) is 5.84. The predicted octanol–water partition coefficient (Wildman–Crippen LogP) is 5.59. The molecule has 0 bridgehead atoms. The first-order valence-electron chi connectivity index (χ1n) is 12.9. The van der Waals surface area contributed by atoms with Crippen molar-refractivity contribution in [2.45, 2.75) is 46.1 Å². The summed E-state index contributed by atoms with van der Waals surface area (Å²) in [6, 6.07) is 18.5. The minimum atomic E-state index is -0.453. The molecule has 5 N–H and O–H groups in total. The Morgan fingerprint density at radius 2 is 1.51 bits per heavy atom. The first kappa shape index (κ1) is 29.7. The van der Waals surface area contributed by atoms with Crippen molar-refractivity contribution in [2.75, 3.05) is 0 Å². The molecule has 0 radical (unpaired) electrons. The summed E-state index contributed by atoms with van der Waals surface area (Å²) >= 11 is 2.47. The van der Waals surface area contributed by atoms with Crippen molar-refractivity contribution in [1.82, 2.24) is 10.7 Å². The second-order valence-corrected chi connectivity index (χ2v) is 12.6. The fraction of sp³-hybridized carbons (Fsp3) is 0.226. The van der Waals surface area contributed by atoms with Gasteiger partial charge in [0.15, 0.2) is 0 Å². The molecule has 2 aromatic carbocycles. The van der Waals surface area contributed by atoms with E-state index in [1.165, 1.54) is 16.9 Å². The third kappa shape index (κ3) is 7.47. The molecule has 41 heavy (non-hydrogen) atoms. The molecule has 4 aromatic rings. The fourth-order valence-electron chi connectivity index (χ4n) is 4.01. The summed E-state index contributed by atoms with van der Waals surface area (Å²) in [6.45, 7) is 8.47. The molecular formula is C31H32N4O4S2. The number of thiophene rings is 2. The van der Waals surface area contributed by atoms with Crippen molar-refractivity contribution < 1.29 is 19.5 Å². The first-order chi connectivity index (χ1) is 19.4. The highest BCUT2D eigenvalue weighted by atomic mass is 32.1. The average molecular weight is 589 g/mol. The number of rotatable bonds is 9. The lowest BCUT2D eigenvalue weighted by molar-refractivity contribution is -0.117. The molecule has 3 amide bonds. The smallest absolute Gasteiger partial charge is 0.281 e. The van der Waals surface area contributed by atoms with Crippen LogP contribution in [-0.4, -0.2) is 28.5 Å². The number of benzene rings is 2. The van der Waals surface area contributed by atoms with Crippen molar-refractivity contribution in [2.24, 2.45) is 10.8 Å². The van der Waals surface area contributed by atoms with Crippen LogP contribution in [0.1, 0.15) is 69.3 Å². The summed E-state index contributed by atoms with van der Waals surface area (Å²) in [5.74, 6) is -1.04. The Morgan fingerprint density at radius 3 is 2.12 bits per heavy atom. The number of hydrogen-bond donors (Lipinski definition) is 4. The summed E-state index contributed by atoms with van der Waals surface area (Å²) in [7, 11) is 0. The molecule has 0 unspecified atom stereocenters. The van der Waals surface area contributed by atoms with E-state index in [-0.39, 0.29) is 23.5 Å². The molecule has 0 spiro atoms. The molecule has 2 heterocycles. The number of nitrogens with one attached hydrogen (secondary N) is 2. The first-order valence-corrected chi connectivity index (χ1v) is 14.6. The summed E-state index contributed by atoms with van der Waals surface area (Å²) in [5, 5.41) is 19.7. The van der Waals surface area contributed by atoms with E-state index in [9.17, 15) is 19.5 Å². The van der Waals surface area contributed by atoms with Crippen molar-refractivity contribution in [3.05, 3.63) is 98.1 Å². The SMILES string of the molecule is C/C(=N\NC(=O)c1ccc(C(=O)NCc2ccc(CC(N)=O)cc2)s1)c1csc(-c2ccc(C(C)(C)C)cc2)c1O. The van der Waals surface area contributed by atoms with Crippen molar-refractivity contribution in [3.8, 4) is 16.2 Å². The van der Waals surface area contributed by atoms with E-state index in [2.05, 4.69) is 48.7 Å². The minimum Gasteiger partial charge on any atom is -0.506 e. The van der Waals surface area contributed by atoms with Crippen LogP contribution in [-0.2, 0) is 23.2 Å². The monoisotopic (exact) mass is 588 g/mol. The quantitative estimate of drug-likeness (QED) is 0.150. The van der Waals surface area contributed by atoms with Crippen LogP contribution in [0.25, 0.3) is 10.4 Å². The third-order valence-corrected chi connectivity index (χ3v) is 8.50. The molecule has 0 saturated carbocycles. The molecule has 0 fully saturated rings. The number of nitrogens with two attached hydrogens (primary N) is 1. The lowest BCUT2D eigenvalue weighted by atomic mass is 9.86. The molecule has 0 aliphatic heterocycles. The van der Waals surface area contributed by atoms with Gasteiger partial charge in [-0.2, -0.15) is 5.10 Å². The van der Waals surface area contributed by atoms with Crippen LogP contribution in [0.3, 0.4) is 0 Å². The molecule has 10 heteroatoms. The van der Waals surface area contributed by atoms with Gasteiger partial charge in [0, 0.05) is 11.9 Å². The number of hydrogen-bond acceptors (Lipinski definition) is 7. The topological polar surface area (TPSA) is 134 Å². The van der Waals surface area contributed by atoms with E-state index in [1.54, 1.807) is 31.2 Å². The molecule has 2 aromatic heterocycles. The molecular weight excluding hydrogens is 556 g/mol. The van der Waals surface area contributed by atoms with E-state index < -0.39 is 11.8 Å². The van der Waals surface area contributed by atoms with Gasteiger partial charge >= 0.3 is 0 Å².